The summed E-state index contributed by atoms with van der Waals surface area (Å²) in [7, 11) is 0. The summed E-state index contributed by atoms with van der Waals surface area (Å²) in [4.78, 5) is 53.1. The van der Waals surface area contributed by atoms with E-state index in [1.54, 1.807) is 9.80 Å². The molecule has 220 valence electrons. The molecular formula is C30H36N2O9. The normalized spacial score (nSPS) is 32.1. The highest BCUT2D eigenvalue weighted by Crippen LogP contribution is 2.52. The van der Waals surface area contributed by atoms with Crippen LogP contribution in [-0.2, 0) is 28.7 Å². The molecule has 2 aliphatic carbocycles. The molecule has 2 amide bonds. The van der Waals surface area contributed by atoms with Gasteiger partial charge >= 0.3 is 11.9 Å². The smallest absolute Gasteiger partial charge is 0.309 e. The summed E-state index contributed by atoms with van der Waals surface area (Å²) >= 11 is 0. The van der Waals surface area contributed by atoms with Crippen molar-refractivity contribution in [2.45, 2.75) is 74.7 Å². The van der Waals surface area contributed by atoms with Crippen LogP contribution in [0, 0.1) is 24.4 Å². The molecule has 2 N–H and O–H groups in total. The fraction of sp³-hybridized carbons (Fsp3) is 0.600. The number of carboxylic acids is 2. The van der Waals surface area contributed by atoms with Crippen LogP contribution in [-0.4, -0.2) is 93.4 Å². The van der Waals surface area contributed by atoms with Gasteiger partial charge in [0.05, 0.1) is 24.5 Å². The highest BCUT2D eigenvalue weighted by atomic mass is 16.5. The van der Waals surface area contributed by atoms with Crippen LogP contribution in [0.5, 0.6) is 5.75 Å². The SMILES string of the molecule is C#COC1CCC2(C(=O)N2CCCCN2C(=O)C23CCC(OCCOc2ccccc2)CC3C(=O)O)C(C(=O)O)C1. The number of unbranched alkanes of at least 4 members (excludes halogenated alkanes) is 1. The van der Waals surface area contributed by atoms with Crippen molar-refractivity contribution in [3.63, 3.8) is 0 Å². The zero-order chi connectivity index (χ0) is 29.2. The molecule has 0 radical (unpaired) electrons. The summed E-state index contributed by atoms with van der Waals surface area (Å²) in [5.74, 6) is -3.34. The summed E-state index contributed by atoms with van der Waals surface area (Å²) in [5.41, 5.74) is -2.00. The number of hydrogen-bond donors (Lipinski definition) is 2. The van der Waals surface area contributed by atoms with Gasteiger partial charge in [0.25, 0.3) is 0 Å². The summed E-state index contributed by atoms with van der Waals surface area (Å²) in [6.07, 6.45) is 10.2. The minimum absolute atomic E-state index is 0.146. The van der Waals surface area contributed by atoms with Crippen LogP contribution in [0.4, 0.5) is 0 Å². The summed E-state index contributed by atoms with van der Waals surface area (Å²) in [5, 5.41) is 19.7. The maximum atomic E-state index is 12.9. The number of carbonyl (C=O) groups is 4. The molecule has 2 saturated carbocycles. The van der Waals surface area contributed by atoms with E-state index in [2.05, 4.69) is 6.11 Å². The van der Waals surface area contributed by atoms with Gasteiger partial charge in [-0.05, 0) is 57.1 Å². The number of carboxylic acid groups (broad SMARTS) is 2. The molecule has 11 nitrogen and oxygen atoms in total. The van der Waals surface area contributed by atoms with E-state index in [-0.39, 0.29) is 36.9 Å². The van der Waals surface area contributed by atoms with Gasteiger partial charge in [-0.1, -0.05) is 24.6 Å². The number of amides is 2. The first kappa shape index (κ1) is 28.7. The van der Waals surface area contributed by atoms with E-state index in [0.717, 1.165) is 5.75 Å². The Labute approximate surface area is 238 Å². The molecule has 11 heteroatoms. The maximum absolute atomic E-state index is 12.9. The molecule has 1 aromatic rings. The third-order valence-electron chi connectivity index (χ3n) is 9.23. The van der Waals surface area contributed by atoms with E-state index in [9.17, 15) is 29.4 Å². The average Bonchev–Trinajstić information content (AvgIpc) is 3.74. The van der Waals surface area contributed by atoms with Crippen LogP contribution in [0.25, 0.3) is 0 Å². The van der Waals surface area contributed by atoms with Crippen molar-refractivity contribution in [3.05, 3.63) is 30.3 Å². The molecule has 2 aliphatic heterocycles. The Hall–Kier alpha value is -3.78. The van der Waals surface area contributed by atoms with Crippen molar-refractivity contribution in [3.8, 4) is 18.3 Å². The molecule has 2 heterocycles. The molecular weight excluding hydrogens is 532 g/mol. The topological polar surface area (TPSA) is 142 Å². The number of rotatable bonds is 13. The molecule has 6 unspecified atom stereocenters. The number of para-hydroxylation sites is 1. The molecule has 1 aromatic carbocycles. The summed E-state index contributed by atoms with van der Waals surface area (Å²) in [6.45, 7) is 1.46. The molecule has 5 rings (SSSR count). The third kappa shape index (κ3) is 5.33. The van der Waals surface area contributed by atoms with Crippen molar-refractivity contribution in [1.29, 1.82) is 0 Å². The number of carbonyl (C=O) groups excluding carboxylic acids is 2. The molecule has 2 spiro atoms. The first-order valence-corrected chi connectivity index (χ1v) is 14.3. The van der Waals surface area contributed by atoms with Crippen LogP contribution in [0.1, 0.15) is 51.4 Å². The van der Waals surface area contributed by atoms with Crippen molar-refractivity contribution in [2.24, 2.45) is 11.8 Å². The molecule has 41 heavy (non-hydrogen) atoms. The van der Waals surface area contributed by atoms with E-state index in [1.165, 1.54) is 0 Å². The second-order valence-corrected chi connectivity index (χ2v) is 11.3. The van der Waals surface area contributed by atoms with E-state index in [4.69, 9.17) is 20.6 Å². The van der Waals surface area contributed by atoms with Gasteiger partial charge < -0.3 is 34.2 Å². The predicted molar refractivity (Wildman–Crippen MR) is 143 cm³/mol. The number of ether oxygens (including phenoxy) is 3. The molecule has 2 saturated heterocycles. The molecule has 6 atom stereocenters. The summed E-state index contributed by atoms with van der Waals surface area (Å²) in [6, 6.07) is 9.36. The highest BCUT2D eigenvalue weighted by molar-refractivity contribution is 6.06. The Bertz CT molecular complexity index is 1220. The lowest BCUT2D eigenvalue weighted by atomic mass is 9.76. The van der Waals surface area contributed by atoms with Crippen molar-refractivity contribution < 1.29 is 43.6 Å². The minimum Gasteiger partial charge on any atom is -0.491 e. The largest absolute Gasteiger partial charge is 0.491 e. The van der Waals surface area contributed by atoms with E-state index in [0.29, 0.717) is 64.8 Å². The predicted octanol–water partition coefficient (Wildman–Crippen LogP) is 2.14. The van der Waals surface area contributed by atoms with Gasteiger partial charge in [-0.25, -0.2) is 0 Å². The van der Waals surface area contributed by atoms with Gasteiger partial charge in [0.2, 0.25) is 11.8 Å². The molecule has 4 fully saturated rings. The fourth-order valence-electron chi connectivity index (χ4n) is 7.06. The van der Waals surface area contributed by atoms with Gasteiger partial charge in [0.1, 0.15) is 35.6 Å². The van der Waals surface area contributed by atoms with Crippen LogP contribution in [0.3, 0.4) is 0 Å². The lowest BCUT2D eigenvalue weighted by Crippen LogP contribution is -2.44. The quantitative estimate of drug-likeness (QED) is 0.208. The zero-order valence-electron chi connectivity index (χ0n) is 22.9. The van der Waals surface area contributed by atoms with E-state index >= 15 is 0 Å². The molecule has 0 bridgehead atoms. The van der Waals surface area contributed by atoms with Gasteiger partial charge in [-0.15, -0.1) is 0 Å². The fourth-order valence-corrected chi connectivity index (χ4v) is 7.06. The van der Waals surface area contributed by atoms with Crippen LogP contribution >= 0.6 is 0 Å². The first-order valence-electron chi connectivity index (χ1n) is 14.3. The Morgan fingerprint density at radius 2 is 1.41 bits per heavy atom. The van der Waals surface area contributed by atoms with Crippen LogP contribution < -0.4 is 4.74 Å². The lowest BCUT2D eigenvalue weighted by molar-refractivity contribution is -0.148. The van der Waals surface area contributed by atoms with Crippen LogP contribution in [0.2, 0.25) is 0 Å². The number of benzene rings is 1. The number of hydrogen-bond acceptors (Lipinski definition) is 7. The van der Waals surface area contributed by atoms with Crippen molar-refractivity contribution >= 4 is 23.8 Å². The highest BCUT2D eigenvalue weighted by Gasteiger charge is 2.71. The minimum atomic E-state index is -1.04. The Kier molecular flexibility index (Phi) is 8.13. The third-order valence-corrected chi connectivity index (χ3v) is 9.23. The Morgan fingerprint density at radius 1 is 0.878 bits per heavy atom. The van der Waals surface area contributed by atoms with Gasteiger partial charge in [0, 0.05) is 19.5 Å². The average molecular weight is 569 g/mol. The van der Waals surface area contributed by atoms with E-state index < -0.39 is 34.9 Å². The Morgan fingerprint density at radius 3 is 1.95 bits per heavy atom. The van der Waals surface area contributed by atoms with Crippen molar-refractivity contribution in [1.82, 2.24) is 9.80 Å². The maximum Gasteiger partial charge on any atom is 0.309 e. The van der Waals surface area contributed by atoms with Crippen molar-refractivity contribution in [2.75, 3.05) is 26.3 Å². The molecule has 4 aliphatic rings. The number of nitrogens with zero attached hydrogens (tertiary/aromatic N) is 2. The molecule has 0 aromatic heterocycles. The first-order chi connectivity index (χ1) is 19.8. The van der Waals surface area contributed by atoms with Crippen LogP contribution in [0.15, 0.2) is 30.3 Å². The second-order valence-electron chi connectivity index (χ2n) is 11.3. The van der Waals surface area contributed by atoms with Gasteiger partial charge in [-0.3, -0.25) is 19.2 Å². The number of terminal acetylenes is 1. The Balaban J connectivity index is 1.07. The number of aliphatic carboxylic acids is 2. The summed E-state index contributed by atoms with van der Waals surface area (Å²) < 4.78 is 16.7. The zero-order valence-corrected chi connectivity index (χ0v) is 22.9. The standard InChI is InChI=1S/C30H36N2O9/c1-2-39-21-10-12-29(23(18-21)25(33)34)27(37)31(29)14-6-7-15-32-28(38)30(32)13-11-22(19-24(30)26(35)36)41-17-16-40-20-8-4-3-5-9-20/h1,3-5,8-9,21-24H,6-7,10-19H2,(H,33,34)(H,35,36). The second kappa shape index (κ2) is 11.6. The van der Waals surface area contributed by atoms with Gasteiger partial charge in [0.15, 0.2) is 0 Å². The lowest BCUT2D eigenvalue weighted by Gasteiger charge is -2.33. The van der Waals surface area contributed by atoms with E-state index in [1.807, 2.05) is 30.3 Å². The monoisotopic (exact) mass is 568 g/mol. The van der Waals surface area contributed by atoms with Gasteiger partial charge in [-0.2, -0.15) is 0 Å².